The maximum absolute atomic E-state index is 14.3. The monoisotopic (exact) mass is 569 g/mol. The number of halogens is 6. The first kappa shape index (κ1) is 29.8. The Hall–Kier alpha value is -3.22. The van der Waals surface area contributed by atoms with Gasteiger partial charge in [-0.05, 0) is 35.3 Å². The molecule has 1 aromatic heterocycles. The minimum absolute atomic E-state index is 0.0136. The summed E-state index contributed by atoms with van der Waals surface area (Å²) in [5.74, 6) is -1.23. The highest BCUT2D eigenvalue weighted by molar-refractivity contribution is 5.75. The molecule has 2 heterocycles. The number of aromatic nitrogens is 1. The Kier molecular flexibility index (Phi) is 8.44. The smallest absolute Gasteiger partial charge is 0.427 e. The van der Waals surface area contributed by atoms with E-state index in [0.29, 0.717) is 17.7 Å². The van der Waals surface area contributed by atoms with Crippen molar-refractivity contribution in [2.75, 3.05) is 26.2 Å². The van der Waals surface area contributed by atoms with E-state index in [4.69, 9.17) is 0 Å². The molecule has 4 rings (SSSR count). The Morgan fingerprint density at radius 1 is 1.00 bits per heavy atom. The maximum Gasteiger partial charge on any atom is 0.427 e. The molecule has 2 unspecified atom stereocenters. The van der Waals surface area contributed by atoms with E-state index in [-0.39, 0.29) is 19.6 Å². The Balaban J connectivity index is 1.69. The summed E-state index contributed by atoms with van der Waals surface area (Å²) >= 11 is 0. The number of carbonyl (C=O) groups is 1. The van der Waals surface area contributed by atoms with Gasteiger partial charge in [0.1, 0.15) is 0 Å². The molecule has 0 amide bonds. The fraction of sp³-hybridized carbons (Fsp3) is 0.429. The number of aliphatic hydroxyl groups is 1. The lowest BCUT2D eigenvalue weighted by Gasteiger charge is -2.51. The van der Waals surface area contributed by atoms with Crippen LogP contribution in [-0.4, -0.2) is 81.1 Å². The van der Waals surface area contributed by atoms with Gasteiger partial charge in [0.05, 0.1) is 11.8 Å². The number of rotatable bonds is 8. The van der Waals surface area contributed by atoms with Crippen molar-refractivity contribution in [3.05, 3.63) is 84.2 Å². The number of alkyl halides is 6. The van der Waals surface area contributed by atoms with Gasteiger partial charge in [0.25, 0.3) is 5.60 Å². The fourth-order valence-corrected chi connectivity index (χ4v) is 5.56. The number of allylic oxidation sites excluding steroid dienone is 3. The van der Waals surface area contributed by atoms with Gasteiger partial charge < -0.3 is 10.2 Å². The average molecular weight is 570 g/mol. The fourth-order valence-electron chi connectivity index (χ4n) is 5.56. The first-order valence-corrected chi connectivity index (χ1v) is 12.6. The number of carboxylic acids is 1. The highest BCUT2D eigenvalue weighted by Gasteiger charge is 2.78. The average Bonchev–Trinajstić information content (AvgIpc) is 2.89. The predicted octanol–water partition coefficient (Wildman–Crippen LogP) is 4.93. The Labute approximate surface area is 227 Å². The lowest BCUT2D eigenvalue weighted by molar-refractivity contribution is -0.398. The second-order valence-corrected chi connectivity index (χ2v) is 10.2. The molecule has 2 aliphatic rings. The molecule has 0 spiro atoms. The molecule has 12 heteroatoms. The van der Waals surface area contributed by atoms with E-state index < -0.39 is 54.8 Å². The molecule has 6 nitrogen and oxygen atoms in total. The normalized spacial score (nSPS) is 23.2. The van der Waals surface area contributed by atoms with E-state index in [9.17, 15) is 41.4 Å². The molecule has 0 saturated carbocycles. The molecule has 1 aliphatic heterocycles. The van der Waals surface area contributed by atoms with Crippen LogP contribution in [0.4, 0.5) is 26.3 Å². The molecule has 0 radical (unpaired) electrons. The maximum atomic E-state index is 14.3. The molecule has 216 valence electrons. The zero-order valence-corrected chi connectivity index (χ0v) is 21.4. The number of carboxylic acid groups (broad SMARTS) is 1. The van der Waals surface area contributed by atoms with Crippen molar-refractivity contribution in [1.82, 2.24) is 14.8 Å². The third-order valence-electron chi connectivity index (χ3n) is 7.66. The summed E-state index contributed by atoms with van der Waals surface area (Å²) in [5, 5.41) is 20.2. The van der Waals surface area contributed by atoms with Gasteiger partial charge in [-0.1, -0.05) is 48.6 Å². The molecule has 1 saturated heterocycles. The van der Waals surface area contributed by atoms with E-state index >= 15 is 0 Å². The summed E-state index contributed by atoms with van der Waals surface area (Å²) in [4.78, 5) is 18.9. The molecule has 0 bridgehead atoms. The number of nitrogens with zero attached hydrogens (tertiary/aromatic N) is 3. The van der Waals surface area contributed by atoms with E-state index in [1.54, 1.807) is 54.9 Å². The number of aliphatic carboxylic acids is 1. The highest BCUT2D eigenvalue weighted by atomic mass is 19.4. The molecular formula is C28H29F6N3O3. The van der Waals surface area contributed by atoms with Gasteiger partial charge in [-0.15, -0.1) is 0 Å². The largest absolute Gasteiger partial charge is 0.481 e. The van der Waals surface area contributed by atoms with Crippen molar-refractivity contribution in [3.8, 4) is 0 Å². The zero-order valence-electron chi connectivity index (χ0n) is 21.4. The topological polar surface area (TPSA) is 76.9 Å². The number of piperazine rings is 1. The van der Waals surface area contributed by atoms with Crippen molar-refractivity contribution in [3.63, 3.8) is 0 Å². The summed E-state index contributed by atoms with van der Waals surface area (Å²) in [6.07, 6.45) is -6.95. The van der Waals surface area contributed by atoms with Gasteiger partial charge in [0, 0.05) is 51.2 Å². The van der Waals surface area contributed by atoms with Crippen LogP contribution in [0.2, 0.25) is 0 Å². The van der Waals surface area contributed by atoms with Crippen LogP contribution in [0.5, 0.6) is 0 Å². The third kappa shape index (κ3) is 5.93. The van der Waals surface area contributed by atoms with Crippen molar-refractivity contribution in [1.29, 1.82) is 0 Å². The summed E-state index contributed by atoms with van der Waals surface area (Å²) in [6.45, 7) is -0.0379. The molecule has 1 aliphatic carbocycles. The first-order chi connectivity index (χ1) is 18.8. The number of benzene rings is 1. The van der Waals surface area contributed by atoms with Crippen LogP contribution in [0.3, 0.4) is 0 Å². The second-order valence-electron chi connectivity index (χ2n) is 10.2. The van der Waals surface area contributed by atoms with Crippen LogP contribution < -0.4 is 0 Å². The lowest BCUT2D eigenvalue weighted by atomic mass is 9.65. The van der Waals surface area contributed by atoms with Crippen molar-refractivity contribution < 1.29 is 41.4 Å². The number of hydrogen-bond donors (Lipinski definition) is 2. The summed E-state index contributed by atoms with van der Waals surface area (Å²) in [7, 11) is 0. The Morgan fingerprint density at radius 2 is 1.65 bits per heavy atom. The summed E-state index contributed by atoms with van der Waals surface area (Å²) in [5.41, 5.74) is -6.03. The van der Waals surface area contributed by atoms with Crippen LogP contribution in [0.15, 0.2) is 73.1 Å². The van der Waals surface area contributed by atoms with Crippen LogP contribution in [-0.2, 0) is 11.3 Å². The minimum atomic E-state index is -6.06. The van der Waals surface area contributed by atoms with Gasteiger partial charge in [-0.2, -0.15) is 26.3 Å². The van der Waals surface area contributed by atoms with Crippen molar-refractivity contribution in [2.24, 2.45) is 5.41 Å². The molecular weight excluding hydrogens is 540 g/mol. The minimum Gasteiger partial charge on any atom is -0.481 e. The van der Waals surface area contributed by atoms with E-state index in [1.165, 1.54) is 17.1 Å². The molecule has 2 atom stereocenters. The van der Waals surface area contributed by atoms with Crippen LogP contribution in [0.1, 0.15) is 24.0 Å². The van der Waals surface area contributed by atoms with Crippen LogP contribution in [0.25, 0.3) is 5.57 Å². The number of pyridine rings is 1. The quantitative estimate of drug-likeness (QED) is 0.440. The lowest BCUT2D eigenvalue weighted by Crippen LogP contribution is -2.70. The third-order valence-corrected chi connectivity index (χ3v) is 7.66. The van der Waals surface area contributed by atoms with Crippen LogP contribution >= 0.6 is 0 Å². The molecule has 2 N–H and O–H groups in total. The molecule has 1 fully saturated rings. The van der Waals surface area contributed by atoms with E-state index in [2.05, 4.69) is 4.98 Å². The van der Waals surface area contributed by atoms with Gasteiger partial charge >= 0.3 is 18.3 Å². The van der Waals surface area contributed by atoms with Gasteiger partial charge in [0.2, 0.25) is 0 Å². The summed E-state index contributed by atoms with van der Waals surface area (Å²) < 4.78 is 85.6. The van der Waals surface area contributed by atoms with Crippen LogP contribution in [0, 0.1) is 5.41 Å². The number of hydrogen-bond acceptors (Lipinski definition) is 5. The predicted molar refractivity (Wildman–Crippen MR) is 135 cm³/mol. The standard InChI is InChI=1S/C28H29F6N3O3/c29-27(30,31)26(40,28(32,33)34)25(10-6-22(7-11-25)21-4-2-1-3-5-21)19-37-15-14-36(18-23(37)16-24(38)39)17-20-8-12-35-13-9-20/h1-10,12-13,23,40H,11,14-19H2,(H,38,39). The zero-order chi connectivity index (χ0) is 29.2. The van der Waals surface area contributed by atoms with Crippen molar-refractivity contribution in [2.45, 2.75) is 43.4 Å². The molecule has 40 heavy (non-hydrogen) atoms. The van der Waals surface area contributed by atoms with E-state index in [0.717, 1.165) is 11.6 Å². The SMILES string of the molecule is O=C(O)CC1CN(Cc2ccncc2)CCN1CC1(C(O)(C(F)(F)F)C(F)(F)F)C=CC(c2ccccc2)=CC1. The van der Waals surface area contributed by atoms with Gasteiger partial charge in [0.15, 0.2) is 0 Å². The molecule has 1 aromatic carbocycles. The Bertz CT molecular complexity index is 1220. The van der Waals surface area contributed by atoms with E-state index in [1.807, 2.05) is 4.90 Å². The van der Waals surface area contributed by atoms with Crippen molar-refractivity contribution >= 4 is 11.5 Å². The van der Waals surface area contributed by atoms with Gasteiger partial charge in [-0.25, -0.2) is 0 Å². The summed E-state index contributed by atoms with van der Waals surface area (Å²) in [6, 6.07) is 11.1. The second kappa shape index (κ2) is 11.3. The highest BCUT2D eigenvalue weighted by Crippen LogP contribution is 2.57. The Morgan fingerprint density at radius 3 is 2.20 bits per heavy atom. The van der Waals surface area contributed by atoms with Gasteiger partial charge in [-0.3, -0.25) is 19.6 Å². The first-order valence-electron chi connectivity index (χ1n) is 12.6. The molecule has 2 aromatic rings.